The first-order chi connectivity index (χ1) is 9.71. The second-order valence-electron chi connectivity index (χ2n) is 6.44. The Kier molecular flexibility index (Phi) is 4.76. The summed E-state index contributed by atoms with van der Waals surface area (Å²) in [6.45, 7) is 4.57. The van der Waals surface area contributed by atoms with Gasteiger partial charge in [-0.1, -0.05) is 37.0 Å². The van der Waals surface area contributed by atoms with Crippen molar-refractivity contribution in [1.82, 2.24) is 15.5 Å². The minimum atomic E-state index is -0.859. The number of nitrogens with one attached hydrogen (secondary N) is 1. The second kappa shape index (κ2) is 6.07. The van der Waals surface area contributed by atoms with E-state index in [0.29, 0.717) is 12.8 Å². The van der Waals surface area contributed by atoms with Crippen LogP contribution in [-0.4, -0.2) is 33.4 Å². The van der Waals surface area contributed by atoms with Crippen LogP contribution in [0.5, 0.6) is 0 Å². The predicted octanol–water partition coefficient (Wildman–Crippen LogP) is 2.84. The van der Waals surface area contributed by atoms with E-state index in [1.165, 1.54) is 6.07 Å². The summed E-state index contributed by atoms with van der Waals surface area (Å²) in [7, 11) is 0. The largest absolute Gasteiger partial charge is 0.388 e. The molecule has 116 valence electrons. The van der Waals surface area contributed by atoms with E-state index in [9.17, 15) is 9.90 Å². The van der Waals surface area contributed by atoms with Crippen molar-refractivity contribution in [3.8, 4) is 0 Å². The van der Waals surface area contributed by atoms with Gasteiger partial charge in [-0.25, -0.2) is 0 Å². The van der Waals surface area contributed by atoms with E-state index in [2.05, 4.69) is 29.4 Å². The quantitative estimate of drug-likeness (QED) is 0.892. The molecule has 0 atom stereocenters. The maximum atomic E-state index is 12.1. The van der Waals surface area contributed by atoms with Gasteiger partial charge in [0.25, 0.3) is 5.91 Å². The Labute approximate surface area is 134 Å². The molecule has 0 spiro atoms. The second-order valence-corrected chi connectivity index (χ2v) is 7.19. The molecule has 1 aliphatic rings. The SMILES string of the molecule is CC1(C)CCC(O)(CNC(=O)c2cc(Cl)nnc2Cl)CC1. The van der Waals surface area contributed by atoms with Crippen molar-refractivity contribution in [1.29, 1.82) is 0 Å². The van der Waals surface area contributed by atoms with Gasteiger partial charge < -0.3 is 10.4 Å². The van der Waals surface area contributed by atoms with Crippen molar-refractivity contribution in [2.45, 2.75) is 45.1 Å². The molecule has 0 aromatic carbocycles. The average Bonchev–Trinajstić information content (AvgIpc) is 2.43. The predicted molar refractivity (Wildman–Crippen MR) is 81.6 cm³/mol. The molecule has 0 unspecified atom stereocenters. The zero-order chi connectivity index (χ0) is 15.7. The third-order valence-corrected chi connectivity index (χ3v) is 4.54. The lowest BCUT2D eigenvalue weighted by molar-refractivity contribution is -0.0233. The summed E-state index contributed by atoms with van der Waals surface area (Å²) in [6.07, 6.45) is 3.21. The van der Waals surface area contributed by atoms with Crippen LogP contribution in [0.25, 0.3) is 0 Å². The van der Waals surface area contributed by atoms with Crippen molar-refractivity contribution >= 4 is 29.1 Å². The van der Waals surface area contributed by atoms with Crippen molar-refractivity contribution in [2.75, 3.05) is 6.54 Å². The van der Waals surface area contributed by atoms with Crippen molar-refractivity contribution < 1.29 is 9.90 Å². The molecular weight excluding hydrogens is 313 g/mol. The highest BCUT2D eigenvalue weighted by atomic mass is 35.5. The lowest BCUT2D eigenvalue weighted by Crippen LogP contribution is -2.46. The fraction of sp³-hybridized carbons (Fsp3) is 0.643. The molecule has 0 saturated heterocycles. The smallest absolute Gasteiger partial charge is 0.254 e. The fourth-order valence-electron chi connectivity index (χ4n) is 2.42. The zero-order valence-electron chi connectivity index (χ0n) is 12.1. The molecule has 1 amide bonds. The molecule has 1 aromatic heterocycles. The Morgan fingerprint density at radius 1 is 1.29 bits per heavy atom. The van der Waals surface area contributed by atoms with Gasteiger partial charge in [-0.3, -0.25) is 4.79 Å². The van der Waals surface area contributed by atoms with Gasteiger partial charge in [-0.05, 0) is 37.2 Å². The molecule has 1 heterocycles. The van der Waals surface area contributed by atoms with Crippen molar-refractivity contribution in [2.24, 2.45) is 5.41 Å². The number of aromatic nitrogens is 2. The van der Waals surface area contributed by atoms with Gasteiger partial charge in [0.2, 0.25) is 0 Å². The first kappa shape index (κ1) is 16.5. The number of carbonyl (C=O) groups excluding carboxylic acids is 1. The molecule has 0 bridgehead atoms. The van der Waals surface area contributed by atoms with E-state index < -0.39 is 11.5 Å². The number of rotatable bonds is 3. The number of nitrogens with zero attached hydrogens (tertiary/aromatic N) is 2. The van der Waals surface area contributed by atoms with Crippen LogP contribution in [0.3, 0.4) is 0 Å². The molecule has 7 heteroatoms. The summed E-state index contributed by atoms with van der Waals surface area (Å²) >= 11 is 11.5. The molecule has 0 aliphatic heterocycles. The normalized spacial score (nSPS) is 20.0. The highest BCUT2D eigenvalue weighted by Gasteiger charge is 2.36. The van der Waals surface area contributed by atoms with Crippen LogP contribution < -0.4 is 5.32 Å². The number of halogens is 2. The first-order valence-electron chi connectivity index (χ1n) is 6.90. The molecule has 1 aromatic rings. The summed E-state index contributed by atoms with van der Waals surface area (Å²) in [5.41, 5.74) is -0.444. The molecule has 5 nitrogen and oxygen atoms in total. The third kappa shape index (κ3) is 4.28. The summed E-state index contributed by atoms with van der Waals surface area (Å²) < 4.78 is 0. The summed E-state index contributed by atoms with van der Waals surface area (Å²) in [5.74, 6) is -0.407. The Bertz CT molecular complexity index is 539. The summed E-state index contributed by atoms with van der Waals surface area (Å²) in [6, 6.07) is 1.36. The summed E-state index contributed by atoms with van der Waals surface area (Å²) in [5, 5.41) is 20.5. The highest BCUT2D eigenvalue weighted by molar-refractivity contribution is 6.34. The Hall–Kier alpha value is -0.910. The zero-order valence-corrected chi connectivity index (χ0v) is 13.6. The molecule has 21 heavy (non-hydrogen) atoms. The van der Waals surface area contributed by atoms with Crippen molar-refractivity contribution in [3.05, 3.63) is 21.9 Å². The van der Waals surface area contributed by atoms with Crippen LogP contribution in [0.4, 0.5) is 0 Å². The molecule has 1 aliphatic carbocycles. The van der Waals surface area contributed by atoms with Gasteiger partial charge in [-0.2, -0.15) is 0 Å². The first-order valence-corrected chi connectivity index (χ1v) is 7.66. The van der Waals surface area contributed by atoms with Crippen LogP contribution in [0, 0.1) is 5.41 Å². The van der Waals surface area contributed by atoms with Crippen LogP contribution in [0.1, 0.15) is 49.9 Å². The highest BCUT2D eigenvalue weighted by Crippen LogP contribution is 2.39. The molecule has 2 rings (SSSR count). The topological polar surface area (TPSA) is 75.1 Å². The van der Waals surface area contributed by atoms with Crippen LogP contribution >= 0.6 is 23.2 Å². The van der Waals surface area contributed by atoms with Crippen LogP contribution in [-0.2, 0) is 0 Å². The van der Waals surface area contributed by atoms with E-state index in [1.807, 2.05) is 0 Å². The van der Waals surface area contributed by atoms with E-state index in [-0.39, 0.29) is 27.8 Å². The van der Waals surface area contributed by atoms with E-state index in [0.717, 1.165) is 12.8 Å². The lowest BCUT2D eigenvalue weighted by Gasteiger charge is -2.40. The van der Waals surface area contributed by atoms with Crippen molar-refractivity contribution in [3.63, 3.8) is 0 Å². The van der Waals surface area contributed by atoms with Gasteiger partial charge in [0.1, 0.15) is 0 Å². The monoisotopic (exact) mass is 331 g/mol. The number of aliphatic hydroxyl groups is 1. The van der Waals surface area contributed by atoms with E-state index in [4.69, 9.17) is 23.2 Å². The Morgan fingerprint density at radius 2 is 1.90 bits per heavy atom. The minimum absolute atomic E-state index is 0.00586. The minimum Gasteiger partial charge on any atom is -0.388 e. The van der Waals surface area contributed by atoms with Gasteiger partial charge in [0.05, 0.1) is 11.2 Å². The molecule has 0 radical (unpaired) electrons. The molecule has 2 N–H and O–H groups in total. The molecular formula is C14H19Cl2N3O2. The number of carbonyl (C=O) groups is 1. The molecule has 1 saturated carbocycles. The van der Waals surface area contributed by atoms with Gasteiger partial charge in [0.15, 0.2) is 10.3 Å². The average molecular weight is 332 g/mol. The Morgan fingerprint density at radius 3 is 2.52 bits per heavy atom. The van der Waals surface area contributed by atoms with Crippen LogP contribution in [0.15, 0.2) is 6.07 Å². The van der Waals surface area contributed by atoms with Gasteiger partial charge >= 0.3 is 0 Å². The van der Waals surface area contributed by atoms with Crippen LogP contribution in [0.2, 0.25) is 10.3 Å². The third-order valence-electron chi connectivity index (χ3n) is 4.08. The van der Waals surface area contributed by atoms with E-state index in [1.54, 1.807) is 0 Å². The number of hydrogen-bond donors (Lipinski definition) is 2. The lowest BCUT2D eigenvalue weighted by atomic mass is 9.71. The summed E-state index contributed by atoms with van der Waals surface area (Å²) in [4.78, 5) is 12.1. The number of amides is 1. The maximum Gasteiger partial charge on any atom is 0.254 e. The number of hydrogen-bond acceptors (Lipinski definition) is 4. The standard InChI is InChI=1S/C14H19Cl2N3O2/c1-13(2)3-5-14(21,6-4-13)8-17-12(20)9-7-10(15)18-19-11(9)16/h7,21H,3-6,8H2,1-2H3,(H,17,20). The van der Waals surface area contributed by atoms with E-state index >= 15 is 0 Å². The maximum absolute atomic E-state index is 12.1. The van der Waals surface area contributed by atoms with Gasteiger partial charge in [0, 0.05) is 6.54 Å². The Balaban J connectivity index is 1.97. The van der Waals surface area contributed by atoms with Gasteiger partial charge in [-0.15, -0.1) is 10.2 Å². The molecule has 1 fully saturated rings. The fourth-order valence-corrected chi connectivity index (χ4v) is 2.75.